The summed E-state index contributed by atoms with van der Waals surface area (Å²) in [6.45, 7) is 0.701. The molecule has 0 atom stereocenters. The van der Waals surface area contributed by atoms with E-state index in [2.05, 4.69) is 14.1 Å². The van der Waals surface area contributed by atoms with Gasteiger partial charge in [0.2, 0.25) is 0 Å². The molecule has 1 aromatic heterocycles. The molecule has 0 aliphatic carbocycles. The molecule has 0 amide bonds. The fourth-order valence-electron chi connectivity index (χ4n) is 1.23. The maximum atomic E-state index is 8.90. The van der Waals surface area contributed by atoms with E-state index in [0.717, 1.165) is 22.9 Å². The van der Waals surface area contributed by atoms with Gasteiger partial charge in [-0.05, 0) is 11.1 Å². The number of benzene rings is 1. The molecule has 1 aromatic carbocycles. The monoisotopic (exact) mass is 255 g/mol. The Kier molecular flexibility index (Phi) is 3.71. The first-order valence-corrected chi connectivity index (χ1v) is 5.81. The quantitative estimate of drug-likeness (QED) is 0.880. The van der Waals surface area contributed by atoms with Gasteiger partial charge in [0, 0.05) is 6.54 Å². The number of halogens is 1. The molecule has 0 spiro atoms. The Morgan fingerprint density at radius 1 is 1.19 bits per heavy atom. The van der Waals surface area contributed by atoms with Crippen LogP contribution in [0.4, 0.5) is 5.82 Å². The van der Waals surface area contributed by atoms with E-state index in [4.69, 9.17) is 16.7 Å². The van der Waals surface area contributed by atoms with Gasteiger partial charge in [-0.25, -0.2) is 0 Å². The molecule has 2 aromatic rings. The summed E-state index contributed by atoms with van der Waals surface area (Å²) in [6.07, 6.45) is 0. The third kappa shape index (κ3) is 2.69. The van der Waals surface area contributed by atoms with Crippen molar-refractivity contribution in [3.8, 4) is 0 Å². The van der Waals surface area contributed by atoms with Crippen molar-refractivity contribution >= 4 is 29.1 Å². The van der Waals surface area contributed by atoms with Crippen molar-refractivity contribution in [2.24, 2.45) is 0 Å². The fourth-order valence-corrected chi connectivity index (χ4v) is 1.91. The highest BCUT2D eigenvalue weighted by atomic mass is 35.5. The van der Waals surface area contributed by atoms with Gasteiger partial charge in [0.25, 0.3) is 0 Å². The fraction of sp³-hybridized carbons (Fsp3) is 0.200. The second-order valence-corrected chi connectivity index (χ2v) is 4.12. The van der Waals surface area contributed by atoms with Crippen LogP contribution >= 0.6 is 23.3 Å². The van der Waals surface area contributed by atoms with E-state index in [9.17, 15) is 0 Å². The maximum absolute atomic E-state index is 8.90. The van der Waals surface area contributed by atoms with E-state index >= 15 is 0 Å². The third-order valence-electron chi connectivity index (χ3n) is 2.11. The molecule has 0 radical (unpaired) electrons. The predicted molar refractivity (Wildman–Crippen MR) is 64.6 cm³/mol. The Hall–Kier alpha value is -1.17. The average Bonchev–Trinajstić information content (AvgIpc) is 2.73. The highest BCUT2D eigenvalue weighted by molar-refractivity contribution is 6.99. The van der Waals surface area contributed by atoms with E-state index in [-0.39, 0.29) is 6.61 Å². The Bertz CT molecular complexity index is 457. The van der Waals surface area contributed by atoms with Crippen molar-refractivity contribution in [2.45, 2.75) is 13.2 Å². The zero-order chi connectivity index (χ0) is 11.4. The summed E-state index contributed by atoms with van der Waals surface area (Å²) in [7, 11) is 0. The second kappa shape index (κ2) is 5.25. The van der Waals surface area contributed by atoms with Crippen LogP contribution in [0.15, 0.2) is 24.3 Å². The van der Waals surface area contributed by atoms with Crippen LogP contribution in [0.2, 0.25) is 5.15 Å². The standard InChI is InChI=1S/C10H10ClN3OS/c11-9-10(14-16-13-9)12-5-7-1-3-8(6-15)4-2-7/h1-4,15H,5-6H2,(H,12,14). The molecular formula is C10H10ClN3OS. The summed E-state index contributed by atoms with van der Waals surface area (Å²) in [6, 6.07) is 7.67. The lowest BCUT2D eigenvalue weighted by Crippen LogP contribution is -2.00. The lowest BCUT2D eigenvalue weighted by Gasteiger charge is -2.04. The molecule has 2 rings (SSSR count). The Morgan fingerprint density at radius 2 is 1.88 bits per heavy atom. The minimum Gasteiger partial charge on any atom is -0.392 e. The molecule has 0 aliphatic heterocycles. The smallest absolute Gasteiger partial charge is 0.186 e. The number of hydrogen-bond donors (Lipinski definition) is 2. The summed E-state index contributed by atoms with van der Waals surface area (Å²) in [5.74, 6) is 0.609. The van der Waals surface area contributed by atoms with Crippen molar-refractivity contribution < 1.29 is 5.11 Å². The Balaban J connectivity index is 1.97. The third-order valence-corrected chi connectivity index (χ3v) is 3.01. The van der Waals surface area contributed by atoms with Gasteiger partial charge in [0.1, 0.15) is 0 Å². The zero-order valence-corrected chi connectivity index (χ0v) is 9.92. The van der Waals surface area contributed by atoms with Crippen molar-refractivity contribution in [3.63, 3.8) is 0 Å². The highest BCUT2D eigenvalue weighted by Gasteiger charge is 2.03. The molecule has 6 heteroatoms. The maximum Gasteiger partial charge on any atom is 0.186 e. The van der Waals surface area contributed by atoms with Crippen LogP contribution in [0, 0.1) is 0 Å². The predicted octanol–water partition coefficient (Wildman–Crippen LogP) is 2.30. The Morgan fingerprint density at radius 3 is 2.44 bits per heavy atom. The van der Waals surface area contributed by atoms with Gasteiger partial charge in [-0.15, -0.1) is 0 Å². The molecule has 16 heavy (non-hydrogen) atoms. The van der Waals surface area contributed by atoms with E-state index < -0.39 is 0 Å². The van der Waals surface area contributed by atoms with Crippen LogP contribution in [0.25, 0.3) is 0 Å². The molecular weight excluding hydrogens is 246 g/mol. The normalized spacial score (nSPS) is 10.4. The van der Waals surface area contributed by atoms with E-state index in [0.29, 0.717) is 17.5 Å². The lowest BCUT2D eigenvalue weighted by atomic mass is 10.1. The summed E-state index contributed by atoms with van der Waals surface area (Å²) < 4.78 is 7.87. The van der Waals surface area contributed by atoms with Crippen LogP contribution in [0.5, 0.6) is 0 Å². The molecule has 84 valence electrons. The number of nitrogens with one attached hydrogen (secondary N) is 1. The van der Waals surface area contributed by atoms with Crippen LogP contribution in [0.1, 0.15) is 11.1 Å². The van der Waals surface area contributed by atoms with E-state index in [1.165, 1.54) is 0 Å². The summed E-state index contributed by atoms with van der Waals surface area (Å²) >= 11 is 6.87. The van der Waals surface area contributed by atoms with Crippen molar-refractivity contribution in [3.05, 3.63) is 40.5 Å². The SMILES string of the molecule is OCc1ccc(CNc2nsnc2Cl)cc1. The molecule has 0 aliphatic rings. The number of aliphatic hydroxyl groups excluding tert-OH is 1. The van der Waals surface area contributed by atoms with E-state index in [1.54, 1.807) is 0 Å². The van der Waals surface area contributed by atoms with Gasteiger partial charge in [0.05, 0.1) is 18.3 Å². The van der Waals surface area contributed by atoms with Crippen LogP contribution in [-0.2, 0) is 13.2 Å². The number of rotatable bonds is 4. The second-order valence-electron chi connectivity index (χ2n) is 3.23. The Labute approximate surface area is 102 Å². The summed E-state index contributed by atoms with van der Waals surface area (Å²) in [5, 5.41) is 12.4. The average molecular weight is 256 g/mol. The first-order chi connectivity index (χ1) is 7.79. The molecule has 0 bridgehead atoms. The molecule has 0 saturated heterocycles. The van der Waals surface area contributed by atoms with Crippen molar-refractivity contribution in [2.75, 3.05) is 5.32 Å². The van der Waals surface area contributed by atoms with Crippen LogP contribution in [-0.4, -0.2) is 13.9 Å². The van der Waals surface area contributed by atoms with Gasteiger partial charge in [-0.1, -0.05) is 35.9 Å². The van der Waals surface area contributed by atoms with Crippen LogP contribution < -0.4 is 5.32 Å². The highest BCUT2D eigenvalue weighted by Crippen LogP contribution is 2.18. The molecule has 1 heterocycles. The van der Waals surface area contributed by atoms with Gasteiger partial charge in [-0.3, -0.25) is 0 Å². The lowest BCUT2D eigenvalue weighted by molar-refractivity contribution is 0.282. The summed E-state index contributed by atoms with van der Waals surface area (Å²) in [5.41, 5.74) is 2.00. The number of anilines is 1. The van der Waals surface area contributed by atoms with Gasteiger partial charge in [0.15, 0.2) is 11.0 Å². The number of hydrogen-bond acceptors (Lipinski definition) is 5. The molecule has 0 saturated carbocycles. The zero-order valence-electron chi connectivity index (χ0n) is 8.35. The summed E-state index contributed by atoms with van der Waals surface area (Å²) in [4.78, 5) is 0. The number of nitrogens with zero attached hydrogens (tertiary/aromatic N) is 2. The number of aliphatic hydroxyl groups is 1. The van der Waals surface area contributed by atoms with Crippen molar-refractivity contribution in [1.82, 2.24) is 8.75 Å². The topological polar surface area (TPSA) is 58.0 Å². The largest absolute Gasteiger partial charge is 0.392 e. The minimum absolute atomic E-state index is 0.0650. The number of aromatic nitrogens is 2. The van der Waals surface area contributed by atoms with Gasteiger partial charge in [-0.2, -0.15) is 8.75 Å². The van der Waals surface area contributed by atoms with Gasteiger partial charge < -0.3 is 10.4 Å². The molecule has 2 N–H and O–H groups in total. The first-order valence-electron chi connectivity index (χ1n) is 4.70. The molecule has 4 nitrogen and oxygen atoms in total. The molecule has 0 fully saturated rings. The minimum atomic E-state index is 0.0650. The van der Waals surface area contributed by atoms with E-state index in [1.807, 2.05) is 24.3 Å². The molecule has 0 unspecified atom stereocenters. The first kappa shape index (κ1) is 11.3. The van der Waals surface area contributed by atoms with Crippen LogP contribution in [0.3, 0.4) is 0 Å². The van der Waals surface area contributed by atoms with Gasteiger partial charge >= 0.3 is 0 Å². The van der Waals surface area contributed by atoms with Crippen molar-refractivity contribution in [1.29, 1.82) is 0 Å².